The summed E-state index contributed by atoms with van der Waals surface area (Å²) >= 11 is 0. The van der Waals surface area contributed by atoms with Crippen molar-refractivity contribution in [2.45, 2.75) is 18.9 Å². The van der Waals surface area contributed by atoms with E-state index in [1.165, 1.54) is 14.2 Å². The number of carbonyl (C=O) groups is 2. The maximum Gasteiger partial charge on any atom is 0.259 e. The Morgan fingerprint density at radius 2 is 1.48 bits per heavy atom. The summed E-state index contributed by atoms with van der Waals surface area (Å²) < 4.78 is 15.8. The molecule has 1 fully saturated rings. The van der Waals surface area contributed by atoms with Crippen LogP contribution in [0.5, 0.6) is 17.2 Å². The van der Waals surface area contributed by atoms with Crippen molar-refractivity contribution in [3.8, 4) is 17.2 Å². The van der Waals surface area contributed by atoms with Gasteiger partial charge in [0.15, 0.2) is 0 Å². The maximum absolute atomic E-state index is 12.8. The van der Waals surface area contributed by atoms with E-state index in [1.807, 2.05) is 4.90 Å². The Hall–Kier alpha value is -3.22. The summed E-state index contributed by atoms with van der Waals surface area (Å²) in [5.74, 6) is 1.40. The zero-order valence-electron chi connectivity index (χ0n) is 16.9. The Bertz CT molecular complexity index is 836. The number of carbonyl (C=O) groups excluding carboxylic acids is 2. The Kier molecular flexibility index (Phi) is 6.59. The lowest BCUT2D eigenvalue weighted by Crippen LogP contribution is -2.46. The van der Waals surface area contributed by atoms with Crippen molar-refractivity contribution in [3.05, 3.63) is 53.6 Å². The lowest BCUT2D eigenvalue weighted by Gasteiger charge is -2.32. The summed E-state index contributed by atoms with van der Waals surface area (Å²) in [5.41, 5.74) is 1.02. The standard InChI is InChI=1S/C22H26N2O5/c1-27-17-9-7-15(8-10-17)22(26)24-13-11-16(12-14-24)23-21(25)20-18(28-2)5-4-6-19(20)29-3/h4-10,16H,11-14H2,1-3H3,(H,23,25). The molecule has 0 atom stereocenters. The molecule has 0 bridgehead atoms. The molecule has 1 aliphatic rings. The SMILES string of the molecule is COc1ccc(C(=O)N2CCC(NC(=O)c3c(OC)cccc3OC)CC2)cc1. The van der Waals surface area contributed by atoms with E-state index < -0.39 is 0 Å². The smallest absolute Gasteiger partial charge is 0.259 e. The second kappa shape index (κ2) is 9.32. The number of hydrogen-bond acceptors (Lipinski definition) is 5. The van der Waals surface area contributed by atoms with Gasteiger partial charge >= 0.3 is 0 Å². The molecule has 29 heavy (non-hydrogen) atoms. The van der Waals surface area contributed by atoms with Gasteiger partial charge < -0.3 is 24.4 Å². The highest BCUT2D eigenvalue weighted by Gasteiger charge is 2.26. The van der Waals surface area contributed by atoms with Crippen LogP contribution in [0.25, 0.3) is 0 Å². The number of ether oxygens (including phenoxy) is 3. The number of piperidine rings is 1. The minimum atomic E-state index is -0.237. The van der Waals surface area contributed by atoms with Crippen LogP contribution in [0, 0.1) is 0 Å². The summed E-state index contributed by atoms with van der Waals surface area (Å²) in [7, 11) is 4.64. The van der Waals surface area contributed by atoms with Gasteiger partial charge in [0.2, 0.25) is 0 Å². The average molecular weight is 398 g/mol. The Labute approximate surface area is 170 Å². The number of benzene rings is 2. The number of nitrogens with zero attached hydrogens (tertiary/aromatic N) is 1. The van der Waals surface area contributed by atoms with Gasteiger partial charge in [-0.2, -0.15) is 0 Å². The summed E-state index contributed by atoms with van der Waals surface area (Å²) in [6, 6.07) is 12.3. The average Bonchev–Trinajstić information content (AvgIpc) is 2.78. The van der Waals surface area contributed by atoms with E-state index in [4.69, 9.17) is 14.2 Å². The fourth-order valence-corrected chi connectivity index (χ4v) is 3.48. The molecule has 0 aromatic heterocycles. The number of methoxy groups -OCH3 is 3. The highest BCUT2D eigenvalue weighted by atomic mass is 16.5. The van der Waals surface area contributed by atoms with Crippen LogP contribution in [-0.2, 0) is 0 Å². The van der Waals surface area contributed by atoms with Crippen LogP contribution in [0.4, 0.5) is 0 Å². The lowest BCUT2D eigenvalue weighted by molar-refractivity contribution is 0.0697. The van der Waals surface area contributed by atoms with Crippen LogP contribution in [0.15, 0.2) is 42.5 Å². The Morgan fingerprint density at radius 3 is 2.00 bits per heavy atom. The van der Waals surface area contributed by atoms with Crippen LogP contribution in [0.2, 0.25) is 0 Å². The second-order valence-electron chi connectivity index (χ2n) is 6.81. The van der Waals surface area contributed by atoms with Gasteiger partial charge in [-0.25, -0.2) is 0 Å². The number of nitrogens with one attached hydrogen (secondary N) is 1. The van der Waals surface area contributed by atoms with Crippen molar-refractivity contribution < 1.29 is 23.8 Å². The van der Waals surface area contributed by atoms with Crippen molar-refractivity contribution in [1.29, 1.82) is 0 Å². The van der Waals surface area contributed by atoms with E-state index in [0.29, 0.717) is 48.6 Å². The van der Waals surface area contributed by atoms with E-state index >= 15 is 0 Å². The molecule has 0 spiro atoms. The van der Waals surface area contributed by atoms with Crippen LogP contribution < -0.4 is 19.5 Å². The molecule has 7 nitrogen and oxygen atoms in total. The number of likely N-dealkylation sites (tertiary alicyclic amines) is 1. The lowest BCUT2D eigenvalue weighted by atomic mass is 10.0. The highest BCUT2D eigenvalue weighted by Crippen LogP contribution is 2.28. The maximum atomic E-state index is 12.8. The van der Waals surface area contributed by atoms with Crippen LogP contribution in [0.3, 0.4) is 0 Å². The van der Waals surface area contributed by atoms with Crippen LogP contribution in [-0.4, -0.2) is 57.2 Å². The van der Waals surface area contributed by atoms with Gasteiger partial charge in [-0.1, -0.05) is 6.07 Å². The van der Waals surface area contributed by atoms with E-state index in [1.54, 1.807) is 49.6 Å². The van der Waals surface area contributed by atoms with Crippen molar-refractivity contribution >= 4 is 11.8 Å². The Balaban J connectivity index is 1.60. The van der Waals surface area contributed by atoms with Gasteiger partial charge in [-0.3, -0.25) is 9.59 Å². The molecule has 2 amide bonds. The van der Waals surface area contributed by atoms with Crippen LogP contribution in [0.1, 0.15) is 33.6 Å². The monoisotopic (exact) mass is 398 g/mol. The van der Waals surface area contributed by atoms with E-state index in [9.17, 15) is 9.59 Å². The fourth-order valence-electron chi connectivity index (χ4n) is 3.48. The third kappa shape index (κ3) is 4.62. The number of amides is 2. The molecule has 1 heterocycles. The molecule has 0 saturated carbocycles. The zero-order chi connectivity index (χ0) is 20.8. The summed E-state index contributed by atoms with van der Waals surface area (Å²) in [6.45, 7) is 1.16. The molecule has 154 valence electrons. The first-order valence-electron chi connectivity index (χ1n) is 9.52. The van der Waals surface area contributed by atoms with Crippen LogP contribution >= 0.6 is 0 Å². The first kappa shape index (κ1) is 20.5. The quantitative estimate of drug-likeness (QED) is 0.810. The second-order valence-corrected chi connectivity index (χ2v) is 6.81. The van der Waals surface area contributed by atoms with Crippen molar-refractivity contribution in [2.24, 2.45) is 0 Å². The predicted molar refractivity (Wildman–Crippen MR) is 109 cm³/mol. The molecular weight excluding hydrogens is 372 g/mol. The topological polar surface area (TPSA) is 77.1 Å². The first-order valence-corrected chi connectivity index (χ1v) is 9.52. The van der Waals surface area contributed by atoms with Crippen molar-refractivity contribution in [2.75, 3.05) is 34.4 Å². The van der Waals surface area contributed by atoms with Gasteiger partial charge in [0.25, 0.3) is 11.8 Å². The molecule has 0 aliphatic carbocycles. The molecule has 2 aromatic rings. The summed E-state index contributed by atoms with van der Waals surface area (Å²) in [6.07, 6.45) is 1.37. The first-order chi connectivity index (χ1) is 14.1. The van der Waals surface area contributed by atoms with Crippen molar-refractivity contribution in [1.82, 2.24) is 10.2 Å². The van der Waals surface area contributed by atoms with E-state index in [0.717, 1.165) is 5.75 Å². The van der Waals surface area contributed by atoms with Gasteiger partial charge in [0.05, 0.1) is 21.3 Å². The molecule has 0 unspecified atom stereocenters. The molecule has 2 aromatic carbocycles. The van der Waals surface area contributed by atoms with E-state index in [2.05, 4.69) is 5.32 Å². The molecule has 1 aliphatic heterocycles. The Morgan fingerprint density at radius 1 is 0.897 bits per heavy atom. The third-order valence-electron chi connectivity index (χ3n) is 5.11. The molecule has 1 saturated heterocycles. The third-order valence-corrected chi connectivity index (χ3v) is 5.11. The largest absolute Gasteiger partial charge is 0.497 e. The number of rotatable bonds is 6. The summed E-state index contributed by atoms with van der Waals surface area (Å²) in [4.78, 5) is 27.3. The van der Waals surface area contributed by atoms with Gasteiger partial charge in [-0.15, -0.1) is 0 Å². The van der Waals surface area contributed by atoms with Crippen molar-refractivity contribution in [3.63, 3.8) is 0 Å². The molecule has 3 rings (SSSR count). The van der Waals surface area contributed by atoms with Gasteiger partial charge in [0, 0.05) is 24.7 Å². The molecule has 1 N–H and O–H groups in total. The number of hydrogen-bond donors (Lipinski definition) is 1. The normalized spacial score (nSPS) is 14.2. The molecular formula is C22H26N2O5. The predicted octanol–water partition coefficient (Wildman–Crippen LogP) is 2.75. The zero-order valence-corrected chi connectivity index (χ0v) is 16.9. The minimum absolute atomic E-state index is 0.0103. The van der Waals surface area contributed by atoms with Gasteiger partial charge in [-0.05, 0) is 49.2 Å². The highest BCUT2D eigenvalue weighted by molar-refractivity contribution is 6.00. The minimum Gasteiger partial charge on any atom is -0.497 e. The fraction of sp³-hybridized carbons (Fsp3) is 0.364. The molecule has 0 radical (unpaired) electrons. The molecule has 7 heteroatoms. The summed E-state index contributed by atoms with van der Waals surface area (Å²) in [5, 5.41) is 3.05. The van der Waals surface area contributed by atoms with E-state index in [-0.39, 0.29) is 17.9 Å². The van der Waals surface area contributed by atoms with Gasteiger partial charge in [0.1, 0.15) is 22.8 Å².